The molecule has 1 saturated heterocycles. The number of carbonyl (C=O) groups is 1. The lowest BCUT2D eigenvalue weighted by molar-refractivity contribution is -0.146. The highest BCUT2D eigenvalue weighted by Crippen LogP contribution is 2.15. The molecule has 0 spiro atoms. The number of rotatable bonds is 2. The van der Waals surface area contributed by atoms with Gasteiger partial charge in [0.05, 0.1) is 11.6 Å². The van der Waals surface area contributed by atoms with Crippen LogP contribution in [-0.2, 0) is 4.79 Å². The molecule has 70 valence electrons. The van der Waals surface area contributed by atoms with E-state index in [4.69, 9.17) is 10.8 Å². The van der Waals surface area contributed by atoms with Crippen LogP contribution in [0.1, 0.15) is 20.3 Å². The van der Waals surface area contributed by atoms with Gasteiger partial charge in [-0.25, -0.2) is 0 Å². The first-order valence-corrected chi connectivity index (χ1v) is 4.23. The van der Waals surface area contributed by atoms with Crippen molar-refractivity contribution in [1.82, 2.24) is 4.90 Å². The second kappa shape index (κ2) is 3.03. The molecule has 0 bridgehead atoms. The van der Waals surface area contributed by atoms with Gasteiger partial charge in [0, 0.05) is 13.1 Å². The van der Waals surface area contributed by atoms with Crippen molar-refractivity contribution < 1.29 is 9.90 Å². The summed E-state index contributed by atoms with van der Waals surface area (Å²) >= 11 is 0. The third-order valence-electron chi connectivity index (χ3n) is 2.37. The molecule has 0 radical (unpaired) electrons. The van der Waals surface area contributed by atoms with Gasteiger partial charge in [-0.15, -0.1) is 0 Å². The Balaban J connectivity index is 2.48. The third kappa shape index (κ3) is 1.59. The van der Waals surface area contributed by atoms with Gasteiger partial charge in [-0.05, 0) is 13.3 Å². The first kappa shape index (κ1) is 9.48. The molecule has 12 heavy (non-hydrogen) atoms. The topological polar surface area (TPSA) is 66.6 Å². The van der Waals surface area contributed by atoms with Gasteiger partial charge in [0.2, 0.25) is 5.91 Å². The predicted octanol–water partition coefficient (Wildman–Crippen LogP) is -0.683. The second-order valence-corrected chi connectivity index (χ2v) is 3.63. The van der Waals surface area contributed by atoms with Crippen LogP contribution in [0.3, 0.4) is 0 Å². The molecule has 1 unspecified atom stereocenters. The maximum absolute atomic E-state index is 11.5. The summed E-state index contributed by atoms with van der Waals surface area (Å²) in [7, 11) is 0. The van der Waals surface area contributed by atoms with Crippen LogP contribution in [0.25, 0.3) is 0 Å². The molecule has 0 aromatic carbocycles. The van der Waals surface area contributed by atoms with Crippen molar-refractivity contribution in [2.45, 2.75) is 31.9 Å². The molecular weight excluding hydrogens is 156 g/mol. The summed E-state index contributed by atoms with van der Waals surface area (Å²) in [5, 5.41) is 8.97. The van der Waals surface area contributed by atoms with Crippen molar-refractivity contribution in [2.75, 3.05) is 13.1 Å². The van der Waals surface area contributed by atoms with Gasteiger partial charge in [0.1, 0.15) is 0 Å². The van der Waals surface area contributed by atoms with Crippen molar-refractivity contribution in [1.29, 1.82) is 0 Å². The van der Waals surface area contributed by atoms with E-state index in [1.165, 1.54) is 0 Å². The first-order valence-electron chi connectivity index (χ1n) is 4.23. The molecule has 3 N–H and O–H groups in total. The Morgan fingerprint density at radius 2 is 2.25 bits per heavy atom. The lowest BCUT2D eigenvalue weighted by Gasteiger charge is -2.40. The number of hydrogen-bond donors (Lipinski definition) is 2. The molecule has 1 aliphatic rings. The summed E-state index contributed by atoms with van der Waals surface area (Å²) in [6.07, 6.45) is 0.278. The Kier molecular flexibility index (Phi) is 2.39. The Labute approximate surface area is 72.3 Å². The molecule has 4 nitrogen and oxygen atoms in total. The van der Waals surface area contributed by atoms with Crippen LogP contribution in [0.15, 0.2) is 0 Å². The average molecular weight is 172 g/mol. The summed E-state index contributed by atoms with van der Waals surface area (Å²) in [5.74, 6) is -0.0599. The van der Waals surface area contributed by atoms with Crippen molar-refractivity contribution in [3.63, 3.8) is 0 Å². The highest BCUT2D eigenvalue weighted by molar-refractivity contribution is 5.86. The van der Waals surface area contributed by atoms with Gasteiger partial charge in [0.25, 0.3) is 0 Å². The minimum absolute atomic E-state index is 0.0599. The SMILES string of the molecule is CCC(C)(N)C(=O)N1CC(O)C1. The minimum Gasteiger partial charge on any atom is -0.389 e. The molecule has 0 aromatic heterocycles. The second-order valence-electron chi connectivity index (χ2n) is 3.63. The summed E-state index contributed by atoms with van der Waals surface area (Å²) in [6.45, 7) is 4.48. The van der Waals surface area contributed by atoms with Crippen LogP contribution in [0, 0.1) is 0 Å². The van der Waals surface area contributed by atoms with Gasteiger partial charge in [-0.3, -0.25) is 4.79 Å². The van der Waals surface area contributed by atoms with Crippen molar-refractivity contribution in [2.24, 2.45) is 5.73 Å². The summed E-state index contributed by atoms with van der Waals surface area (Å²) in [5.41, 5.74) is 4.98. The number of nitrogens with two attached hydrogens (primary N) is 1. The maximum atomic E-state index is 11.5. The molecule has 0 aromatic rings. The van der Waals surface area contributed by atoms with Crippen LogP contribution in [-0.4, -0.2) is 40.6 Å². The standard InChI is InChI=1S/C8H16N2O2/c1-3-8(2,9)7(12)10-4-6(11)5-10/h6,11H,3-5,9H2,1-2H3. The van der Waals surface area contributed by atoms with E-state index in [9.17, 15) is 4.79 Å². The van der Waals surface area contributed by atoms with Crippen LogP contribution in [0.5, 0.6) is 0 Å². The van der Waals surface area contributed by atoms with Gasteiger partial charge in [-0.1, -0.05) is 6.92 Å². The fraction of sp³-hybridized carbons (Fsp3) is 0.875. The quantitative estimate of drug-likeness (QED) is 0.580. The predicted molar refractivity (Wildman–Crippen MR) is 45.5 cm³/mol. The number of amides is 1. The molecule has 1 rings (SSSR count). The van der Waals surface area contributed by atoms with Crippen molar-refractivity contribution in [3.05, 3.63) is 0 Å². The third-order valence-corrected chi connectivity index (χ3v) is 2.37. The molecule has 4 heteroatoms. The normalized spacial score (nSPS) is 23.2. The number of hydrogen-bond acceptors (Lipinski definition) is 3. The highest BCUT2D eigenvalue weighted by Gasteiger charge is 2.37. The number of aliphatic hydroxyl groups is 1. The molecule has 1 amide bonds. The van der Waals surface area contributed by atoms with Crippen LogP contribution in [0.2, 0.25) is 0 Å². The van der Waals surface area contributed by atoms with Gasteiger partial charge < -0.3 is 15.7 Å². The molecule has 0 aliphatic carbocycles. The van der Waals surface area contributed by atoms with E-state index in [2.05, 4.69) is 0 Å². The van der Waals surface area contributed by atoms with E-state index in [-0.39, 0.29) is 12.0 Å². The molecule has 1 aliphatic heterocycles. The Morgan fingerprint density at radius 3 is 2.58 bits per heavy atom. The Hall–Kier alpha value is -0.610. The maximum Gasteiger partial charge on any atom is 0.242 e. The van der Waals surface area contributed by atoms with Crippen LogP contribution >= 0.6 is 0 Å². The number of carbonyl (C=O) groups excluding carboxylic acids is 1. The fourth-order valence-corrected chi connectivity index (χ4v) is 1.13. The highest BCUT2D eigenvalue weighted by atomic mass is 16.3. The van der Waals surface area contributed by atoms with E-state index in [0.29, 0.717) is 19.5 Å². The van der Waals surface area contributed by atoms with Gasteiger partial charge >= 0.3 is 0 Å². The largest absolute Gasteiger partial charge is 0.389 e. The first-order chi connectivity index (χ1) is 5.47. The molecule has 1 heterocycles. The smallest absolute Gasteiger partial charge is 0.242 e. The van der Waals surface area contributed by atoms with E-state index >= 15 is 0 Å². The number of aliphatic hydroxyl groups excluding tert-OH is 1. The lowest BCUT2D eigenvalue weighted by Crippen LogP contribution is -2.62. The molecule has 1 atom stereocenters. The summed E-state index contributed by atoms with van der Waals surface area (Å²) in [6, 6.07) is 0. The van der Waals surface area contributed by atoms with E-state index in [0.717, 1.165) is 0 Å². The average Bonchev–Trinajstić information content (AvgIpc) is 1.97. The van der Waals surface area contributed by atoms with Crippen molar-refractivity contribution in [3.8, 4) is 0 Å². The van der Waals surface area contributed by atoms with E-state index < -0.39 is 5.54 Å². The fourth-order valence-electron chi connectivity index (χ4n) is 1.13. The van der Waals surface area contributed by atoms with Gasteiger partial charge in [0.15, 0.2) is 0 Å². The zero-order chi connectivity index (χ0) is 9.35. The van der Waals surface area contributed by atoms with Crippen molar-refractivity contribution >= 4 is 5.91 Å². The minimum atomic E-state index is -0.764. The number of nitrogens with zero attached hydrogens (tertiary/aromatic N) is 1. The monoisotopic (exact) mass is 172 g/mol. The van der Waals surface area contributed by atoms with Gasteiger partial charge in [-0.2, -0.15) is 0 Å². The summed E-state index contributed by atoms with van der Waals surface area (Å²) < 4.78 is 0. The van der Waals surface area contributed by atoms with E-state index in [1.807, 2.05) is 6.92 Å². The zero-order valence-electron chi connectivity index (χ0n) is 7.58. The Bertz CT molecular complexity index is 185. The Morgan fingerprint density at radius 1 is 1.75 bits per heavy atom. The number of β-amino-alcohol motifs (C(OH)–C–C–N with tert-alkyl or cyclic N) is 1. The molecule has 0 saturated carbocycles. The molecule has 1 fully saturated rings. The lowest BCUT2D eigenvalue weighted by atomic mass is 9.96. The number of likely N-dealkylation sites (tertiary alicyclic amines) is 1. The summed E-state index contributed by atoms with van der Waals surface area (Å²) in [4.78, 5) is 13.1. The van der Waals surface area contributed by atoms with Crippen LogP contribution < -0.4 is 5.73 Å². The molecular formula is C8H16N2O2. The van der Waals surface area contributed by atoms with E-state index in [1.54, 1.807) is 11.8 Å². The zero-order valence-corrected chi connectivity index (χ0v) is 7.58. The van der Waals surface area contributed by atoms with Crippen LogP contribution in [0.4, 0.5) is 0 Å².